The average molecular weight is 267 g/mol. The van der Waals surface area contributed by atoms with Crippen molar-refractivity contribution in [2.24, 2.45) is 0 Å². The van der Waals surface area contributed by atoms with Gasteiger partial charge in [-0.25, -0.2) is 4.98 Å². The second-order valence-electron chi connectivity index (χ2n) is 2.93. The lowest BCUT2D eigenvalue weighted by Crippen LogP contribution is -2.24. The van der Waals surface area contributed by atoms with Crippen LogP contribution in [0, 0.1) is 12.3 Å². The Morgan fingerprint density at radius 3 is 3.13 bits per heavy atom. The molecule has 1 amide bonds. The van der Waals surface area contributed by atoms with Crippen molar-refractivity contribution in [3.8, 4) is 12.3 Å². The molecule has 0 bridgehead atoms. The molecule has 1 aromatic heterocycles. The minimum absolute atomic E-state index is 0.102. The molecule has 0 spiro atoms. The summed E-state index contributed by atoms with van der Waals surface area (Å²) in [5.74, 6) is 2.42. The number of carbonyl (C=O) groups excluding carboxylic acids is 1. The summed E-state index contributed by atoms with van der Waals surface area (Å²) >= 11 is 3.21. The second-order valence-corrected chi connectivity index (χ2v) is 3.74. The van der Waals surface area contributed by atoms with Crippen LogP contribution in [-0.4, -0.2) is 17.4 Å². The van der Waals surface area contributed by atoms with Crippen molar-refractivity contribution in [1.29, 1.82) is 0 Å². The number of terminal acetylenes is 1. The largest absolute Gasteiger partial charge is 0.352 e. The normalized spacial score (nSPS) is 9.33. The molecule has 0 aliphatic carbocycles. The summed E-state index contributed by atoms with van der Waals surface area (Å²) in [5.41, 5.74) is 0.595. The predicted molar refractivity (Wildman–Crippen MR) is 62.3 cm³/mol. The van der Waals surface area contributed by atoms with Gasteiger partial charge in [-0.05, 0) is 34.5 Å². The van der Waals surface area contributed by atoms with Gasteiger partial charge < -0.3 is 5.32 Å². The first-order chi connectivity index (χ1) is 7.24. The highest BCUT2D eigenvalue weighted by Gasteiger charge is 2.04. The quantitative estimate of drug-likeness (QED) is 0.515. The van der Waals surface area contributed by atoms with E-state index in [1.165, 1.54) is 0 Å². The van der Waals surface area contributed by atoms with Gasteiger partial charge in [0.2, 0.25) is 0 Å². The van der Waals surface area contributed by atoms with Crippen LogP contribution in [0.15, 0.2) is 22.9 Å². The first kappa shape index (κ1) is 11.7. The van der Waals surface area contributed by atoms with Crippen LogP contribution in [0.1, 0.15) is 23.2 Å². The molecule has 1 aromatic rings. The molecule has 1 N–H and O–H groups in total. The molecular weight excluding hydrogens is 256 g/mol. The van der Waals surface area contributed by atoms with E-state index < -0.39 is 0 Å². The van der Waals surface area contributed by atoms with Crippen LogP contribution >= 0.6 is 15.9 Å². The lowest BCUT2D eigenvalue weighted by molar-refractivity contribution is 0.0953. The number of rotatable bonds is 4. The fourth-order valence-corrected chi connectivity index (χ4v) is 1.40. The van der Waals surface area contributed by atoms with Crippen molar-refractivity contribution in [2.75, 3.05) is 6.54 Å². The zero-order valence-corrected chi connectivity index (χ0v) is 9.75. The Morgan fingerprint density at radius 2 is 2.47 bits per heavy atom. The monoisotopic (exact) mass is 266 g/mol. The number of aromatic nitrogens is 1. The Bertz CT molecular complexity index is 384. The fraction of sp³-hybridized carbons (Fsp3) is 0.273. The maximum atomic E-state index is 11.5. The van der Waals surface area contributed by atoms with E-state index in [1.54, 1.807) is 18.3 Å². The van der Waals surface area contributed by atoms with E-state index in [4.69, 9.17) is 6.42 Å². The zero-order chi connectivity index (χ0) is 11.1. The number of amides is 1. The highest BCUT2D eigenvalue weighted by Crippen LogP contribution is 2.07. The van der Waals surface area contributed by atoms with Gasteiger partial charge >= 0.3 is 0 Å². The van der Waals surface area contributed by atoms with E-state index in [1.807, 2.05) is 0 Å². The summed E-state index contributed by atoms with van der Waals surface area (Å²) in [7, 11) is 0. The molecule has 1 heterocycles. The molecule has 0 unspecified atom stereocenters. The summed E-state index contributed by atoms with van der Waals surface area (Å²) < 4.78 is 0.652. The number of carbonyl (C=O) groups is 1. The Hall–Kier alpha value is -1.34. The van der Waals surface area contributed by atoms with Gasteiger partial charge in [0, 0.05) is 24.7 Å². The minimum atomic E-state index is -0.102. The second kappa shape index (κ2) is 6.20. The summed E-state index contributed by atoms with van der Waals surface area (Å²) in [6.45, 7) is 0.600. The van der Waals surface area contributed by atoms with E-state index in [2.05, 4.69) is 32.2 Å². The standard InChI is InChI=1S/C11H11BrN2O/c1-2-3-4-6-14-11(15)9-5-7-13-10(12)8-9/h1,5,7-8H,3-4,6H2,(H,14,15). The maximum Gasteiger partial charge on any atom is 0.251 e. The maximum absolute atomic E-state index is 11.5. The van der Waals surface area contributed by atoms with Gasteiger partial charge in [0.1, 0.15) is 4.60 Å². The van der Waals surface area contributed by atoms with Crippen LogP contribution in [-0.2, 0) is 0 Å². The topological polar surface area (TPSA) is 42.0 Å². The molecule has 78 valence electrons. The van der Waals surface area contributed by atoms with Crippen LogP contribution in [0.5, 0.6) is 0 Å². The third-order valence-electron chi connectivity index (χ3n) is 1.77. The zero-order valence-electron chi connectivity index (χ0n) is 8.16. The van der Waals surface area contributed by atoms with Gasteiger partial charge in [0.05, 0.1) is 0 Å². The van der Waals surface area contributed by atoms with Crippen molar-refractivity contribution in [3.63, 3.8) is 0 Å². The number of nitrogens with one attached hydrogen (secondary N) is 1. The Morgan fingerprint density at radius 1 is 1.67 bits per heavy atom. The van der Waals surface area contributed by atoms with Crippen molar-refractivity contribution in [2.45, 2.75) is 12.8 Å². The minimum Gasteiger partial charge on any atom is -0.352 e. The molecule has 0 aliphatic heterocycles. The smallest absolute Gasteiger partial charge is 0.251 e. The number of halogens is 1. The number of pyridine rings is 1. The van der Waals surface area contributed by atoms with E-state index in [-0.39, 0.29) is 5.91 Å². The predicted octanol–water partition coefficient (Wildman–Crippen LogP) is 1.99. The van der Waals surface area contributed by atoms with Crippen molar-refractivity contribution >= 4 is 21.8 Å². The first-order valence-electron chi connectivity index (χ1n) is 4.57. The number of hydrogen-bond donors (Lipinski definition) is 1. The molecule has 0 radical (unpaired) electrons. The van der Waals surface area contributed by atoms with Gasteiger partial charge in [-0.1, -0.05) is 0 Å². The molecule has 4 heteroatoms. The van der Waals surface area contributed by atoms with Crippen LogP contribution in [0.25, 0.3) is 0 Å². The third kappa shape index (κ3) is 4.13. The van der Waals surface area contributed by atoms with Gasteiger partial charge in [0.25, 0.3) is 5.91 Å². The number of hydrogen-bond acceptors (Lipinski definition) is 2. The molecule has 0 aliphatic rings. The number of unbranched alkanes of at least 4 members (excludes halogenated alkanes) is 1. The van der Waals surface area contributed by atoms with E-state index in [0.29, 0.717) is 23.1 Å². The summed E-state index contributed by atoms with van der Waals surface area (Å²) in [5, 5.41) is 2.78. The van der Waals surface area contributed by atoms with E-state index in [0.717, 1.165) is 6.42 Å². The average Bonchev–Trinajstić information content (AvgIpc) is 2.24. The molecule has 0 saturated heterocycles. The fourth-order valence-electron chi connectivity index (χ4n) is 1.04. The molecule has 0 aromatic carbocycles. The van der Waals surface area contributed by atoms with Gasteiger partial charge in [-0.3, -0.25) is 4.79 Å². The third-order valence-corrected chi connectivity index (χ3v) is 2.21. The van der Waals surface area contributed by atoms with Crippen LogP contribution in [0.4, 0.5) is 0 Å². The van der Waals surface area contributed by atoms with Crippen LogP contribution < -0.4 is 5.32 Å². The summed E-state index contributed by atoms with van der Waals surface area (Å²) in [6.07, 6.45) is 8.16. The highest BCUT2D eigenvalue weighted by atomic mass is 79.9. The van der Waals surface area contributed by atoms with Crippen LogP contribution in [0.2, 0.25) is 0 Å². The summed E-state index contributed by atoms with van der Waals surface area (Å²) in [4.78, 5) is 15.5. The first-order valence-corrected chi connectivity index (χ1v) is 5.36. The molecule has 0 saturated carbocycles. The van der Waals surface area contributed by atoms with Gasteiger partial charge in [-0.15, -0.1) is 12.3 Å². The molecule has 0 fully saturated rings. The SMILES string of the molecule is C#CCCCNC(=O)c1ccnc(Br)c1. The van der Waals surface area contributed by atoms with Crippen molar-refractivity contribution in [3.05, 3.63) is 28.5 Å². The lowest BCUT2D eigenvalue weighted by Gasteiger charge is -2.03. The van der Waals surface area contributed by atoms with E-state index >= 15 is 0 Å². The number of nitrogens with zero attached hydrogens (tertiary/aromatic N) is 1. The Labute approximate surface area is 97.4 Å². The van der Waals surface area contributed by atoms with Crippen molar-refractivity contribution < 1.29 is 4.79 Å². The van der Waals surface area contributed by atoms with E-state index in [9.17, 15) is 4.79 Å². The molecule has 1 rings (SSSR count). The summed E-state index contributed by atoms with van der Waals surface area (Å²) in [6, 6.07) is 3.35. The van der Waals surface area contributed by atoms with Crippen LogP contribution in [0.3, 0.4) is 0 Å². The van der Waals surface area contributed by atoms with Gasteiger partial charge in [0.15, 0.2) is 0 Å². The highest BCUT2D eigenvalue weighted by molar-refractivity contribution is 9.10. The molecule has 15 heavy (non-hydrogen) atoms. The molecule has 3 nitrogen and oxygen atoms in total. The van der Waals surface area contributed by atoms with Gasteiger partial charge in [-0.2, -0.15) is 0 Å². The van der Waals surface area contributed by atoms with Crippen molar-refractivity contribution in [1.82, 2.24) is 10.3 Å². The molecular formula is C11H11BrN2O. The Kier molecular flexibility index (Phi) is 4.85. The molecule has 0 atom stereocenters. The lowest BCUT2D eigenvalue weighted by atomic mass is 10.2. The Balaban J connectivity index is 2.44.